The van der Waals surface area contributed by atoms with Gasteiger partial charge in [0.05, 0.1) is 20.3 Å². The summed E-state index contributed by atoms with van der Waals surface area (Å²) in [5.41, 5.74) is 1.88. The van der Waals surface area contributed by atoms with Gasteiger partial charge in [-0.3, -0.25) is 4.79 Å². The van der Waals surface area contributed by atoms with E-state index >= 15 is 0 Å². The number of rotatable bonds is 6. The first-order valence-corrected chi connectivity index (χ1v) is 8.70. The maximum absolute atomic E-state index is 12.3. The molecule has 0 bridgehead atoms. The third kappa shape index (κ3) is 4.67. The van der Waals surface area contributed by atoms with E-state index in [4.69, 9.17) is 14.2 Å². The fourth-order valence-electron chi connectivity index (χ4n) is 2.73. The predicted molar refractivity (Wildman–Crippen MR) is 101 cm³/mol. The molecule has 0 spiro atoms. The molecular weight excluding hydrogens is 332 g/mol. The monoisotopic (exact) mass is 356 g/mol. The lowest BCUT2D eigenvalue weighted by Gasteiger charge is -2.29. The summed E-state index contributed by atoms with van der Waals surface area (Å²) in [7, 11) is 1.61. The summed E-state index contributed by atoms with van der Waals surface area (Å²) in [5, 5.41) is 2.88. The lowest BCUT2D eigenvalue weighted by molar-refractivity contribution is -0.122. The number of anilines is 2. The minimum Gasteiger partial charge on any atom is -0.497 e. The standard InChI is InChI=1S/C20H24N2O4/c1-15(26-19-9-7-18(24-2)8-10-19)20(23)21-16-3-5-17(6-4-16)22-11-13-25-14-12-22/h3-10,15H,11-14H2,1-2H3,(H,21,23)/t15-/m1/s1. The Bertz CT molecular complexity index is 710. The molecule has 2 aromatic rings. The summed E-state index contributed by atoms with van der Waals surface area (Å²) < 4.78 is 16.2. The number of morpholine rings is 1. The fraction of sp³-hybridized carbons (Fsp3) is 0.350. The number of ether oxygens (including phenoxy) is 3. The Kier molecular flexibility index (Phi) is 5.96. The van der Waals surface area contributed by atoms with Crippen molar-refractivity contribution in [3.05, 3.63) is 48.5 Å². The molecule has 6 heteroatoms. The molecule has 3 rings (SSSR count). The van der Waals surface area contributed by atoms with Crippen molar-refractivity contribution in [1.29, 1.82) is 0 Å². The molecule has 0 saturated carbocycles. The second kappa shape index (κ2) is 8.58. The lowest BCUT2D eigenvalue weighted by atomic mass is 10.2. The van der Waals surface area contributed by atoms with E-state index in [9.17, 15) is 4.79 Å². The zero-order valence-corrected chi connectivity index (χ0v) is 15.1. The number of nitrogens with zero attached hydrogens (tertiary/aromatic N) is 1. The largest absolute Gasteiger partial charge is 0.497 e. The Balaban J connectivity index is 1.54. The van der Waals surface area contributed by atoms with Gasteiger partial charge in [-0.05, 0) is 55.5 Å². The van der Waals surface area contributed by atoms with Crippen molar-refractivity contribution < 1.29 is 19.0 Å². The number of carbonyl (C=O) groups is 1. The highest BCUT2D eigenvalue weighted by Gasteiger charge is 2.16. The molecule has 138 valence electrons. The molecule has 6 nitrogen and oxygen atoms in total. The van der Waals surface area contributed by atoms with Crippen molar-refractivity contribution in [2.75, 3.05) is 43.6 Å². The van der Waals surface area contributed by atoms with Gasteiger partial charge in [0, 0.05) is 24.5 Å². The zero-order valence-electron chi connectivity index (χ0n) is 15.1. The van der Waals surface area contributed by atoms with E-state index < -0.39 is 6.10 Å². The molecule has 0 aliphatic carbocycles. The average molecular weight is 356 g/mol. The summed E-state index contributed by atoms with van der Waals surface area (Å²) in [6.45, 7) is 5.00. The number of hydrogen-bond donors (Lipinski definition) is 1. The molecule has 26 heavy (non-hydrogen) atoms. The summed E-state index contributed by atoms with van der Waals surface area (Å²) >= 11 is 0. The molecule has 1 atom stereocenters. The average Bonchev–Trinajstić information content (AvgIpc) is 2.70. The summed E-state index contributed by atoms with van der Waals surface area (Å²) in [6.07, 6.45) is -0.609. The minimum absolute atomic E-state index is 0.194. The molecular formula is C20H24N2O4. The highest BCUT2D eigenvalue weighted by Crippen LogP contribution is 2.21. The van der Waals surface area contributed by atoms with E-state index in [1.165, 1.54) is 0 Å². The molecule has 0 aromatic heterocycles. The molecule has 1 fully saturated rings. The van der Waals surface area contributed by atoms with E-state index in [0.717, 1.165) is 43.4 Å². The Morgan fingerprint density at radius 1 is 1.04 bits per heavy atom. The summed E-state index contributed by atoms with van der Waals surface area (Å²) in [6, 6.07) is 15.0. The molecule has 1 amide bonds. The van der Waals surface area contributed by atoms with Crippen LogP contribution in [0.3, 0.4) is 0 Å². The molecule has 0 radical (unpaired) electrons. The lowest BCUT2D eigenvalue weighted by Crippen LogP contribution is -2.36. The first-order valence-electron chi connectivity index (χ1n) is 8.70. The first kappa shape index (κ1) is 18.1. The first-order chi connectivity index (χ1) is 12.7. The van der Waals surface area contributed by atoms with Crippen molar-refractivity contribution in [2.45, 2.75) is 13.0 Å². The van der Waals surface area contributed by atoms with Crippen LogP contribution in [0.25, 0.3) is 0 Å². The van der Waals surface area contributed by atoms with Gasteiger partial charge in [-0.1, -0.05) is 0 Å². The molecule has 1 heterocycles. The van der Waals surface area contributed by atoms with Gasteiger partial charge in [-0.2, -0.15) is 0 Å². The molecule has 1 aliphatic heterocycles. The third-order valence-electron chi connectivity index (χ3n) is 4.25. The maximum Gasteiger partial charge on any atom is 0.265 e. The van der Waals surface area contributed by atoms with Crippen LogP contribution in [0.15, 0.2) is 48.5 Å². The normalized spacial score (nSPS) is 15.2. The Labute approximate surface area is 153 Å². The van der Waals surface area contributed by atoms with Crippen molar-refractivity contribution in [3.8, 4) is 11.5 Å². The smallest absolute Gasteiger partial charge is 0.265 e. The van der Waals surface area contributed by atoms with Crippen LogP contribution in [-0.2, 0) is 9.53 Å². The van der Waals surface area contributed by atoms with Crippen LogP contribution in [0.2, 0.25) is 0 Å². The van der Waals surface area contributed by atoms with Crippen molar-refractivity contribution in [1.82, 2.24) is 0 Å². The van der Waals surface area contributed by atoms with Gasteiger partial charge in [0.2, 0.25) is 0 Å². The van der Waals surface area contributed by atoms with Gasteiger partial charge < -0.3 is 24.4 Å². The number of amides is 1. The summed E-state index contributed by atoms with van der Waals surface area (Å²) in [5.74, 6) is 1.17. The van der Waals surface area contributed by atoms with Gasteiger partial charge in [0.15, 0.2) is 6.10 Å². The quantitative estimate of drug-likeness (QED) is 0.862. The van der Waals surface area contributed by atoms with Crippen LogP contribution in [0.4, 0.5) is 11.4 Å². The third-order valence-corrected chi connectivity index (χ3v) is 4.25. The van der Waals surface area contributed by atoms with Crippen LogP contribution < -0.4 is 19.7 Å². The number of hydrogen-bond acceptors (Lipinski definition) is 5. The molecule has 1 saturated heterocycles. The highest BCUT2D eigenvalue weighted by molar-refractivity contribution is 5.94. The second-order valence-electron chi connectivity index (χ2n) is 6.07. The van der Waals surface area contributed by atoms with Crippen LogP contribution in [0, 0.1) is 0 Å². The molecule has 1 N–H and O–H groups in total. The van der Waals surface area contributed by atoms with Crippen molar-refractivity contribution in [3.63, 3.8) is 0 Å². The number of carbonyl (C=O) groups excluding carboxylic acids is 1. The van der Waals surface area contributed by atoms with Crippen LogP contribution in [0.5, 0.6) is 11.5 Å². The number of nitrogens with one attached hydrogen (secondary N) is 1. The predicted octanol–water partition coefficient (Wildman–Crippen LogP) is 2.94. The zero-order chi connectivity index (χ0) is 18.4. The Morgan fingerprint density at radius 2 is 1.65 bits per heavy atom. The van der Waals surface area contributed by atoms with Gasteiger partial charge in [-0.25, -0.2) is 0 Å². The van der Waals surface area contributed by atoms with Crippen molar-refractivity contribution in [2.24, 2.45) is 0 Å². The van der Waals surface area contributed by atoms with Crippen LogP contribution in [0.1, 0.15) is 6.92 Å². The van der Waals surface area contributed by atoms with Gasteiger partial charge in [0.25, 0.3) is 5.91 Å². The van der Waals surface area contributed by atoms with E-state index in [1.807, 2.05) is 24.3 Å². The van der Waals surface area contributed by atoms with E-state index in [1.54, 1.807) is 38.3 Å². The van der Waals surface area contributed by atoms with Gasteiger partial charge in [0.1, 0.15) is 11.5 Å². The number of methoxy groups -OCH3 is 1. The van der Waals surface area contributed by atoms with E-state index in [2.05, 4.69) is 10.2 Å². The Morgan fingerprint density at radius 3 is 2.27 bits per heavy atom. The van der Waals surface area contributed by atoms with E-state index in [0.29, 0.717) is 5.75 Å². The van der Waals surface area contributed by atoms with Gasteiger partial charge >= 0.3 is 0 Å². The van der Waals surface area contributed by atoms with Gasteiger partial charge in [-0.15, -0.1) is 0 Å². The molecule has 2 aromatic carbocycles. The molecule has 1 aliphatic rings. The molecule has 0 unspecified atom stereocenters. The highest BCUT2D eigenvalue weighted by atomic mass is 16.5. The summed E-state index contributed by atoms with van der Waals surface area (Å²) in [4.78, 5) is 14.6. The Hall–Kier alpha value is -2.73. The maximum atomic E-state index is 12.3. The second-order valence-corrected chi connectivity index (χ2v) is 6.07. The van der Waals surface area contributed by atoms with Crippen LogP contribution in [-0.4, -0.2) is 45.4 Å². The van der Waals surface area contributed by atoms with Crippen LogP contribution >= 0.6 is 0 Å². The number of benzene rings is 2. The fourth-order valence-corrected chi connectivity index (χ4v) is 2.73. The minimum atomic E-state index is -0.609. The topological polar surface area (TPSA) is 60.0 Å². The van der Waals surface area contributed by atoms with Crippen molar-refractivity contribution >= 4 is 17.3 Å². The van der Waals surface area contributed by atoms with E-state index in [-0.39, 0.29) is 5.91 Å². The SMILES string of the molecule is COc1ccc(O[C@H](C)C(=O)Nc2ccc(N3CCOCC3)cc2)cc1.